The van der Waals surface area contributed by atoms with Gasteiger partial charge in [-0.25, -0.2) is 8.78 Å². The number of halogens is 2. The van der Waals surface area contributed by atoms with Crippen molar-refractivity contribution < 1.29 is 8.78 Å². The topological polar surface area (TPSA) is 12.0 Å². The third kappa shape index (κ3) is 3.48. The Morgan fingerprint density at radius 2 is 1.76 bits per heavy atom. The molecule has 1 atom stereocenters. The summed E-state index contributed by atoms with van der Waals surface area (Å²) in [5.41, 5.74) is 1.33. The summed E-state index contributed by atoms with van der Waals surface area (Å²) in [5.74, 6) is -0.741. The Balaban J connectivity index is 2.43. The molecule has 0 aromatic heterocycles. The van der Waals surface area contributed by atoms with E-state index in [-0.39, 0.29) is 11.2 Å². The van der Waals surface area contributed by atoms with Crippen LogP contribution in [-0.2, 0) is 11.8 Å². The van der Waals surface area contributed by atoms with Gasteiger partial charge in [-0.1, -0.05) is 37.3 Å². The predicted octanol–water partition coefficient (Wildman–Crippen LogP) is 4.07. The lowest BCUT2D eigenvalue weighted by Crippen LogP contribution is -2.38. The molecule has 2 aromatic rings. The second kappa shape index (κ2) is 6.81. The lowest BCUT2D eigenvalue weighted by Gasteiger charge is -2.34. The van der Waals surface area contributed by atoms with E-state index in [2.05, 4.69) is 24.4 Å². The Hall–Kier alpha value is -1.74. The smallest absolute Gasteiger partial charge is 0.126 e. The van der Waals surface area contributed by atoms with Crippen molar-refractivity contribution in [1.29, 1.82) is 0 Å². The molecule has 0 amide bonds. The maximum atomic E-state index is 14.0. The summed E-state index contributed by atoms with van der Waals surface area (Å²) in [7, 11) is 1.88. The fraction of sp³-hybridized carbons (Fsp3) is 0.333. The highest BCUT2D eigenvalue weighted by atomic mass is 19.1. The zero-order valence-corrected chi connectivity index (χ0v) is 12.5. The van der Waals surface area contributed by atoms with E-state index in [0.29, 0.717) is 18.5 Å². The second-order valence-corrected chi connectivity index (χ2v) is 5.44. The van der Waals surface area contributed by atoms with Crippen LogP contribution in [0.1, 0.15) is 24.5 Å². The van der Waals surface area contributed by atoms with Gasteiger partial charge in [0.05, 0.1) is 0 Å². The highest BCUT2D eigenvalue weighted by molar-refractivity contribution is 5.31. The molecule has 0 aliphatic rings. The zero-order chi connectivity index (χ0) is 15.3. The first-order valence-electron chi connectivity index (χ1n) is 7.25. The van der Waals surface area contributed by atoms with Crippen LogP contribution in [0, 0.1) is 11.6 Å². The molecule has 3 heteroatoms. The molecule has 0 heterocycles. The quantitative estimate of drug-likeness (QED) is 0.845. The molecule has 0 aliphatic carbocycles. The maximum Gasteiger partial charge on any atom is 0.126 e. The largest absolute Gasteiger partial charge is 0.319 e. The predicted molar refractivity (Wildman–Crippen MR) is 82.4 cm³/mol. The number of likely N-dealkylation sites (N-methyl/N-ethyl adjacent to an activating group) is 1. The van der Waals surface area contributed by atoms with Crippen LogP contribution < -0.4 is 5.32 Å². The van der Waals surface area contributed by atoms with Crippen LogP contribution in [0.5, 0.6) is 0 Å². The van der Waals surface area contributed by atoms with E-state index in [1.54, 1.807) is 0 Å². The van der Waals surface area contributed by atoms with Crippen LogP contribution in [0.2, 0.25) is 0 Å². The van der Waals surface area contributed by atoms with E-state index in [9.17, 15) is 8.78 Å². The Kier molecular flexibility index (Phi) is 5.07. The average molecular weight is 289 g/mol. The molecule has 0 radical (unpaired) electrons. The van der Waals surface area contributed by atoms with Crippen molar-refractivity contribution in [3.8, 4) is 0 Å². The first kappa shape index (κ1) is 15.6. The van der Waals surface area contributed by atoms with Crippen LogP contribution >= 0.6 is 0 Å². The van der Waals surface area contributed by atoms with Gasteiger partial charge in [0.2, 0.25) is 0 Å². The number of hydrogen-bond acceptors (Lipinski definition) is 1. The van der Waals surface area contributed by atoms with Crippen molar-refractivity contribution in [3.05, 3.63) is 71.3 Å². The Morgan fingerprint density at radius 1 is 1.05 bits per heavy atom. The molecule has 0 saturated heterocycles. The lowest BCUT2D eigenvalue weighted by molar-refractivity contribution is 0.383. The second-order valence-electron chi connectivity index (χ2n) is 5.44. The van der Waals surface area contributed by atoms with E-state index in [1.807, 2.05) is 25.2 Å². The normalized spacial score (nSPS) is 13.9. The van der Waals surface area contributed by atoms with E-state index < -0.39 is 5.82 Å². The fourth-order valence-corrected chi connectivity index (χ4v) is 2.89. The monoisotopic (exact) mass is 289 g/mol. The first-order chi connectivity index (χ1) is 10.1. The van der Waals surface area contributed by atoms with Crippen LogP contribution in [-0.4, -0.2) is 13.6 Å². The molecule has 1 unspecified atom stereocenters. The molecule has 2 rings (SSSR count). The molecule has 1 nitrogen and oxygen atoms in total. The fourth-order valence-electron chi connectivity index (χ4n) is 2.89. The number of hydrogen-bond donors (Lipinski definition) is 1. The van der Waals surface area contributed by atoms with Gasteiger partial charge >= 0.3 is 0 Å². The first-order valence-corrected chi connectivity index (χ1v) is 7.25. The Labute approximate surface area is 125 Å². The number of rotatable bonds is 6. The summed E-state index contributed by atoms with van der Waals surface area (Å²) in [6.45, 7) is 2.80. The summed E-state index contributed by atoms with van der Waals surface area (Å²) in [4.78, 5) is 0. The van der Waals surface area contributed by atoms with Crippen LogP contribution in [0.15, 0.2) is 48.5 Å². The van der Waals surface area contributed by atoms with E-state index in [0.717, 1.165) is 18.1 Å². The summed E-state index contributed by atoms with van der Waals surface area (Å²) in [5, 5.41) is 3.20. The van der Waals surface area contributed by atoms with Crippen LogP contribution in [0.4, 0.5) is 8.78 Å². The molecule has 0 bridgehead atoms. The molecule has 0 fully saturated rings. The zero-order valence-electron chi connectivity index (χ0n) is 12.5. The minimum Gasteiger partial charge on any atom is -0.319 e. The molecule has 21 heavy (non-hydrogen) atoms. The van der Waals surface area contributed by atoms with Gasteiger partial charge in [0.1, 0.15) is 11.6 Å². The minimum atomic E-state index is -0.395. The third-order valence-electron chi connectivity index (χ3n) is 4.11. The highest BCUT2D eigenvalue weighted by Crippen LogP contribution is 2.32. The highest BCUT2D eigenvalue weighted by Gasteiger charge is 2.31. The molecule has 112 valence electrons. The van der Waals surface area contributed by atoms with Crippen molar-refractivity contribution in [3.63, 3.8) is 0 Å². The molecular weight excluding hydrogens is 268 g/mol. The molecular formula is C18H21F2N. The summed E-state index contributed by atoms with van der Waals surface area (Å²) in [6, 6.07) is 13.7. The molecule has 1 N–H and O–H groups in total. The van der Waals surface area contributed by atoms with Gasteiger partial charge in [-0.05, 0) is 49.2 Å². The molecule has 2 aromatic carbocycles. The van der Waals surface area contributed by atoms with Gasteiger partial charge < -0.3 is 5.32 Å². The van der Waals surface area contributed by atoms with Crippen molar-refractivity contribution >= 4 is 0 Å². The van der Waals surface area contributed by atoms with Crippen molar-refractivity contribution in [2.24, 2.45) is 0 Å². The van der Waals surface area contributed by atoms with Crippen molar-refractivity contribution in [2.45, 2.75) is 25.2 Å². The lowest BCUT2D eigenvalue weighted by atomic mass is 9.73. The van der Waals surface area contributed by atoms with Gasteiger partial charge in [0.25, 0.3) is 0 Å². The summed E-state index contributed by atoms with van der Waals surface area (Å²) < 4.78 is 27.4. The van der Waals surface area contributed by atoms with Crippen molar-refractivity contribution in [1.82, 2.24) is 5.32 Å². The van der Waals surface area contributed by atoms with Gasteiger partial charge in [0.15, 0.2) is 0 Å². The van der Waals surface area contributed by atoms with Gasteiger partial charge in [-0.2, -0.15) is 0 Å². The SMILES string of the molecule is CCC(CNC)(Cc1cc(F)ccc1F)c1ccccc1. The van der Waals surface area contributed by atoms with Gasteiger partial charge in [0, 0.05) is 12.0 Å². The summed E-state index contributed by atoms with van der Waals surface area (Å²) >= 11 is 0. The Bertz CT molecular complexity index is 583. The summed E-state index contributed by atoms with van der Waals surface area (Å²) in [6.07, 6.45) is 1.31. The molecule has 0 aliphatic heterocycles. The minimum absolute atomic E-state index is 0.245. The average Bonchev–Trinajstić information content (AvgIpc) is 2.51. The molecule has 0 saturated carbocycles. The van der Waals surface area contributed by atoms with Gasteiger partial charge in [-0.15, -0.1) is 0 Å². The standard InChI is InChI=1S/C18H21F2N/c1-3-18(13-21-2,15-7-5-4-6-8-15)12-14-11-16(19)9-10-17(14)20/h4-11,21H,3,12-13H2,1-2H3. The van der Waals surface area contributed by atoms with Crippen LogP contribution in [0.3, 0.4) is 0 Å². The maximum absolute atomic E-state index is 14.0. The van der Waals surface area contributed by atoms with Crippen LogP contribution in [0.25, 0.3) is 0 Å². The molecule has 0 spiro atoms. The Morgan fingerprint density at radius 3 is 2.38 bits per heavy atom. The van der Waals surface area contributed by atoms with E-state index in [1.165, 1.54) is 12.1 Å². The van der Waals surface area contributed by atoms with Crippen molar-refractivity contribution in [2.75, 3.05) is 13.6 Å². The van der Waals surface area contributed by atoms with Gasteiger partial charge in [-0.3, -0.25) is 0 Å². The number of nitrogens with one attached hydrogen (secondary N) is 1. The third-order valence-corrected chi connectivity index (χ3v) is 4.11. The van der Waals surface area contributed by atoms with E-state index in [4.69, 9.17) is 0 Å². The number of benzene rings is 2. The van der Waals surface area contributed by atoms with E-state index >= 15 is 0 Å².